The second kappa shape index (κ2) is 8.56. The summed E-state index contributed by atoms with van der Waals surface area (Å²) in [6, 6.07) is 16.3. The molecule has 26 heavy (non-hydrogen) atoms. The average molecular weight is 355 g/mol. The van der Waals surface area contributed by atoms with Crippen molar-refractivity contribution in [3.8, 4) is 11.5 Å². The molecular formula is C22H29NO3. The Morgan fingerprint density at radius 3 is 1.54 bits per heavy atom. The Balaban J connectivity index is 1.67. The predicted molar refractivity (Wildman–Crippen MR) is 104 cm³/mol. The number of piperidine rings is 1. The normalized spacial score (nSPS) is 21.5. The molecule has 1 aliphatic heterocycles. The van der Waals surface area contributed by atoms with Crippen LogP contribution in [0.15, 0.2) is 48.5 Å². The predicted octanol–water partition coefficient (Wildman–Crippen LogP) is 3.03. The number of hydrogen-bond acceptors (Lipinski definition) is 4. The van der Waals surface area contributed by atoms with Gasteiger partial charge in [-0.05, 0) is 55.3 Å². The summed E-state index contributed by atoms with van der Waals surface area (Å²) < 4.78 is 10.5. The monoisotopic (exact) mass is 355 g/mol. The lowest BCUT2D eigenvalue weighted by Gasteiger charge is -2.40. The summed E-state index contributed by atoms with van der Waals surface area (Å²) in [7, 11) is 5.51. The first kappa shape index (κ1) is 18.7. The van der Waals surface area contributed by atoms with Gasteiger partial charge in [0, 0.05) is 24.9 Å². The topological polar surface area (TPSA) is 41.9 Å². The smallest absolute Gasteiger partial charge is 0.118 e. The van der Waals surface area contributed by atoms with Crippen molar-refractivity contribution in [3.05, 3.63) is 59.7 Å². The van der Waals surface area contributed by atoms with E-state index in [-0.39, 0.29) is 17.9 Å². The molecule has 2 aromatic rings. The molecule has 0 aliphatic carbocycles. The van der Waals surface area contributed by atoms with E-state index >= 15 is 0 Å². The van der Waals surface area contributed by atoms with Crippen LogP contribution in [0.2, 0.25) is 0 Å². The Labute approximate surface area is 156 Å². The summed E-state index contributed by atoms with van der Waals surface area (Å²) >= 11 is 0. The molecule has 0 amide bonds. The number of rotatable bonds is 6. The number of benzene rings is 2. The van der Waals surface area contributed by atoms with Gasteiger partial charge >= 0.3 is 0 Å². The zero-order chi connectivity index (χ0) is 18.5. The van der Waals surface area contributed by atoms with Crippen LogP contribution in [0.5, 0.6) is 11.5 Å². The van der Waals surface area contributed by atoms with Gasteiger partial charge in [-0.3, -0.25) is 0 Å². The van der Waals surface area contributed by atoms with Gasteiger partial charge in [-0.25, -0.2) is 0 Å². The first-order valence-corrected chi connectivity index (χ1v) is 9.21. The van der Waals surface area contributed by atoms with E-state index in [0.717, 1.165) is 37.4 Å². The Bertz CT molecular complexity index is 624. The van der Waals surface area contributed by atoms with Crippen LogP contribution in [0.25, 0.3) is 0 Å². The summed E-state index contributed by atoms with van der Waals surface area (Å²) in [5, 5.41) is 11.0. The van der Waals surface area contributed by atoms with Crippen molar-refractivity contribution in [2.45, 2.75) is 18.9 Å². The van der Waals surface area contributed by atoms with E-state index in [0.29, 0.717) is 0 Å². The number of ether oxygens (including phenoxy) is 2. The first-order valence-electron chi connectivity index (χ1n) is 9.21. The molecule has 0 saturated carbocycles. The minimum absolute atomic E-state index is 0.241. The number of nitrogens with zero attached hydrogens (tertiary/aromatic N) is 1. The third-order valence-electron chi connectivity index (χ3n) is 5.37. The number of aliphatic hydroxyl groups is 1. The molecule has 0 radical (unpaired) electrons. The Morgan fingerprint density at radius 2 is 1.19 bits per heavy atom. The molecule has 2 atom stereocenters. The van der Waals surface area contributed by atoms with Crippen LogP contribution < -0.4 is 9.47 Å². The minimum atomic E-state index is -0.296. The number of aliphatic hydroxyl groups excluding tert-OH is 1. The van der Waals surface area contributed by atoms with Crippen molar-refractivity contribution in [2.24, 2.45) is 11.8 Å². The highest BCUT2D eigenvalue weighted by atomic mass is 16.5. The molecule has 0 spiro atoms. The van der Waals surface area contributed by atoms with E-state index in [1.165, 1.54) is 11.1 Å². The van der Waals surface area contributed by atoms with Gasteiger partial charge in [0.1, 0.15) is 11.5 Å². The Morgan fingerprint density at radius 1 is 0.808 bits per heavy atom. The summed E-state index contributed by atoms with van der Waals surface area (Å²) in [4.78, 5) is 2.34. The van der Waals surface area contributed by atoms with Gasteiger partial charge in [0.05, 0.1) is 20.3 Å². The van der Waals surface area contributed by atoms with Crippen LogP contribution >= 0.6 is 0 Å². The van der Waals surface area contributed by atoms with Gasteiger partial charge in [0.25, 0.3) is 0 Å². The van der Waals surface area contributed by atoms with E-state index in [2.05, 4.69) is 36.2 Å². The zero-order valence-corrected chi connectivity index (χ0v) is 15.9. The molecule has 140 valence electrons. The minimum Gasteiger partial charge on any atom is -0.497 e. The van der Waals surface area contributed by atoms with Gasteiger partial charge in [-0.15, -0.1) is 0 Å². The fourth-order valence-electron chi connectivity index (χ4n) is 3.98. The van der Waals surface area contributed by atoms with Crippen LogP contribution in [-0.4, -0.2) is 50.5 Å². The van der Waals surface area contributed by atoms with E-state index < -0.39 is 0 Å². The van der Waals surface area contributed by atoms with Crippen LogP contribution in [0.1, 0.15) is 11.1 Å². The summed E-state index contributed by atoms with van der Waals surface area (Å²) in [6.07, 6.45) is 1.47. The van der Waals surface area contributed by atoms with Crippen LogP contribution in [0.3, 0.4) is 0 Å². The van der Waals surface area contributed by atoms with Gasteiger partial charge in [0.2, 0.25) is 0 Å². The van der Waals surface area contributed by atoms with Crippen molar-refractivity contribution in [2.75, 3.05) is 34.4 Å². The van der Waals surface area contributed by atoms with Gasteiger partial charge in [-0.2, -0.15) is 0 Å². The van der Waals surface area contributed by atoms with Crippen LogP contribution in [0.4, 0.5) is 0 Å². The van der Waals surface area contributed by atoms with Crippen molar-refractivity contribution < 1.29 is 14.6 Å². The second-order valence-corrected chi connectivity index (χ2v) is 7.34. The van der Waals surface area contributed by atoms with Crippen molar-refractivity contribution in [3.63, 3.8) is 0 Å². The van der Waals surface area contributed by atoms with Crippen molar-refractivity contribution >= 4 is 0 Å². The highest BCUT2D eigenvalue weighted by Gasteiger charge is 2.34. The van der Waals surface area contributed by atoms with Crippen molar-refractivity contribution in [1.82, 2.24) is 4.90 Å². The second-order valence-electron chi connectivity index (χ2n) is 7.34. The molecule has 1 saturated heterocycles. The maximum absolute atomic E-state index is 11.0. The quantitative estimate of drug-likeness (QED) is 0.865. The lowest BCUT2D eigenvalue weighted by atomic mass is 9.80. The van der Waals surface area contributed by atoms with E-state index in [4.69, 9.17) is 9.47 Å². The maximum Gasteiger partial charge on any atom is 0.118 e. The van der Waals surface area contributed by atoms with E-state index in [9.17, 15) is 5.11 Å². The summed E-state index contributed by atoms with van der Waals surface area (Å²) in [6.45, 7) is 1.85. The Hall–Kier alpha value is -2.04. The summed E-state index contributed by atoms with van der Waals surface area (Å²) in [5.41, 5.74) is 2.49. The lowest BCUT2D eigenvalue weighted by Crippen LogP contribution is -2.49. The molecule has 0 bridgehead atoms. The van der Waals surface area contributed by atoms with Gasteiger partial charge < -0.3 is 19.5 Å². The third-order valence-corrected chi connectivity index (χ3v) is 5.37. The summed E-state index contributed by atoms with van der Waals surface area (Å²) in [5.74, 6) is 2.22. The number of hydrogen-bond donors (Lipinski definition) is 1. The largest absolute Gasteiger partial charge is 0.497 e. The molecule has 3 rings (SSSR count). The number of likely N-dealkylation sites (tertiary alicyclic amines) is 1. The van der Waals surface area contributed by atoms with Gasteiger partial charge in [0.15, 0.2) is 0 Å². The van der Waals surface area contributed by atoms with E-state index in [1.807, 2.05) is 24.3 Å². The molecule has 1 N–H and O–H groups in total. The highest BCUT2D eigenvalue weighted by molar-refractivity contribution is 5.29. The van der Waals surface area contributed by atoms with E-state index in [1.54, 1.807) is 14.2 Å². The van der Waals surface area contributed by atoms with Gasteiger partial charge in [-0.1, -0.05) is 24.3 Å². The molecule has 0 aromatic heterocycles. The molecule has 4 heteroatoms. The highest BCUT2D eigenvalue weighted by Crippen LogP contribution is 2.28. The molecule has 1 heterocycles. The lowest BCUT2D eigenvalue weighted by molar-refractivity contribution is -0.0134. The fourth-order valence-corrected chi connectivity index (χ4v) is 3.98. The molecule has 2 aromatic carbocycles. The third kappa shape index (κ3) is 4.57. The Kier molecular flexibility index (Phi) is 6.17. The fraction of sp³-hybridized carbons (Fsp3) is 0.455. The maximum atomic E-state index is 11.0. The van der Waals surface area contributed by atoms with Crippen LogP contribution in [-0.2, 0) is 12.8 Å². The average Bonchev–Trinajstić information content (AvgIpc) is 2.66. The molecule has 4 nitrogen and oxygen atoms in total. The SMILES string of the molecule is COc1ccc(C[C@@H]2CN(C)C[C@@H](Cc3ccc(OC)cc3)C2O)cc1. The van der Waals surface area contributed by atoms with Crippen molar-refractivity contribution in [1.29, 1.82) is 0 Å². The standard InChI is InChI=1S/C22H29NO3/c1-23-14-18(12-16-4-8-20(25-2)9-5-16)22(24)19(15-23)13-17-6-10-21(26-3)11-7-17/h4-11,18-19,22,24H,12-15H2,1-3H3/t18-,19-/m1/s1. The molecule has 1 aliphatic rings. The molecule has 0 unspecified atom stereocenters. The molecular weight excluding hydrogens is 326 g/mol. The molecule has 1 fully saturated rings. The number of methoxy groups -OCH3 is 2. The van der Waals surface area contributed by atoms with Crippen LogP contribution in [0, 0.1) is 11.8 Å². The zero-order valence-electron chi connectivity index (χ0n) is 15.9. The first-order chi connectivity index (χ1) is 12.6.